The van der Waals surface area contributed by atoms with Gasteiger partial charge >= 0.3 is 0 Å². The summed E-state index contributed by atoms with van der Waals surface area (Å²) in [5.41, 5.74) is 8.36. The van der Waals surface area contributed by atoms with E-state index in [2.05, 4.69) is 13.0 Å². The van der Waals surface area contributed by atoms with Crippen LogP contribution in [0.25, 0.3) is 0 Å². The first kappa shape index (κ1) is 8.91. The molecule has 0 aliphatic heterocycles. The van der Waals surface area contributed by atoms with Gasteiger partial charge in [-0.2, -0.15) is 0 Å². The Labute approximate surface area is 73.0 Å². The van der Waals surface area contributed by atoms with Crippen LogP contribution in [0.2, 0.25) is 0 Å². The van der Waals surface area contributed by atoms with Gasteiger partial charge in [0, 0.05) is 0 Å². The standard InChI is InChI=1S/C10H15NO/c1-3-7-5-8(4-2)10(11)9(12)6-7/h5-6,12H,3-4,11H2,1-2H3. The zero-order valence-corrected chi connectivity index (χ0v) is 7.59. The second-order valence-electron chi connectivity index (χ2n) is 2.89. The van der Waals surface area contributed by atoms with Crippen molar-refractivity contribution in [3.63, 3.8) is 0 Å². The van der Waals surface area contributed by atoms with Gasteiger partial charge in [-0.05, 0) is 30.0 Å². The molecule has 0 aliphatic rings. The number of aryl methyl sites for hydroxylation is 2. The van der Waals surface area contributed by atoms with Crippen molar-refractivity contribution < 1.29 is 5.11 Å². The number of phenols is 1. The highest BCUT2D eigenvalue weighted by molar-refractivity contribution is 5.59. The molecule has 3 N–H and O–H groups in total. The molecule has 2 heteroatoms. The molecule has 0 spiro atoms. The van der Waals surface area contributed by atoms with Crippen LogP contribution in [0.5, 0.6) is 5.75 Å². The number of phenolic OH excluding ortho intramolecular Hbond substituents is 1. The minimum atomic E-state index is 0.214. The molecule has 0 fully saturated rings. The summed E-state index contributed by atoms with van der Waals surface area (Å²) in [6.07, 6.45) is 1.80. The highest BCUT2D eigenvalue weighted by Crippen LogP contribution is 2.26. The van der Waals surface area contributed by atoms with Crippen LogP contribution in [-0.2, 0) is 12.8 Å². The summed E-state index contributed by atoms with van der Waals surface area (Å²) in [4.78, 5) is 0. The number of nitrogen functional groups attached to an aromatic ring is 1. The van der Waals surface area contributed by atoms with E-state index in [0.29, 0.717) is 5.69 Å². The number of rotatable bonds is 2. The lowest BCUT2D eigenvalue weighted by Gasteiger charge is -2.07. The van der Waals surface area contributed by atoms with Crippen LogP contribution in [0, 0.1) is 0 Å². The van der Waals surface area contributed by atoms with Gasteiger partial charge in [0.1, 0.15) is 5.75 Å². The maximum atomic E-state index is 9.42. The van der Waals surface area contributed by atoms with E-state index in [4.69, 9.17) is 5.73 Å². The first-order valence-corrected chi connectivity index (χ1v) is 4.29. The average Bonchev–Trinajstić information content (AvgIpc) is 2.09. The number of benzene rings is 1. The predicted molar refractivity (Wildman–Crippen MR) is 51.3 cm³/mol. The van der Waals surface area contributed by atoms with Gasteiger partial charge in [0.15, 0.2) is 0 Å². The highest BCUT2D eigenvalue weighted by Gasteiger charge is 2.03. The van der Waals surface area contributed by atoms with E-state index < -0.39 is 0 Å². The van der Waals surface area contributed by atoms with Crippen LogP contribution in [0.3, 0.4) is 0 Å². The fourth-order valence-electron chi connectivity index (χ4n) is 1.26. The highest BCUT2D eigenvalue weighted by atomic mass is 16.3. The Morgan fingerprint density at radius 1 is 1.25 bits per heavy atom. The molecule has 0 radical (unpaired) electrons. The van der Waals surface area contributed by atoms with E-state index in [1.54, 1.807) is 6.07 Å². The predicted octanol–water partition coefficient (Wildman–Crippen LogP) is 2.10. The number of aromatic hydroxyl groups is 1. The molecular formula is C10H15NO. The topological polar surface area (TPSA) is 46.2 Å². The number of anilines is 1. The van der Waals surface area contributed by atoms with Gasteiger partial charge in [-0.15, -0.1) is 0 Å². The third kappa shape index (κ3) is 1.52. The monoisotopic (exact) mass is 165 g/mol. The minimum absolute atomic E-state index is 0.214. The third-order valence-electron chi connectivity index (χ3n) is 2.09. The Bertz CT molecular complexity index is 281. The normalized spacial score (nSPS) is 10.2. The van der Waals surface area contributed by atoms with Gasteiger partial charge in [0.05, 0.1) is 5.69 Å². The molecule has 0 aromatic heterocycles. The third-order valence-corrected chi connectivity index (χ3v) is 2.09. The largest absolute Gasteiger partial charge is 0.506 e. The number of nitrogens with two attached hydrogens (primary N) is 1. The molecule has 1 rings (SSSR count). The van der Waals surface area contributed by atoms with Crippen LogP contribution in [0.4, 0.5) is 5.69 Å². The van der Waals surface area contributed by atoms with Gasteiger partial charge < -0.3 is 10.8 Å². The van der Waals surface area contributed by atoms with Crippen LogP contribution < -0.4 is 5.73 Å². The Morgan fingerprint density at radius 2 is 1.92 bits per heavy atom. The molecule has 1 aromatic carbocycles. The summed E-state index contributed by atoms with van der Waals surface area (Å²) in [6, 6.07) is 3.78. The molecule has 2 nitrogen and oxygen atoms in total. The van der Waals surface area contributed by atoms with Gasteiger partial charge in [-0.3, -0.25) is 0 Å². The van der Waals surface area contributed by atoms with E-state index in [1.807, 2.05) is 6.92 Å². The molecular weight excluding hydrogens is 150 g/mol. The lowest BCUT2D eigenvalue weighted by atomic mass is 10.0. The maximum absolute atomic E-state index is 9.42. The van der Waals surface area contributed by atoms with Crippen molar-refractivity contribution in [3.05, 3.63) is 23.3 Å². The van der Waals surface area contributed by atoms with Gasteiger partial charge in [-0.1, -0.05) is 19.9 Å². The molecule has 0 atom stereocenters. The van der Waals surface area contributed by atoms with E-state index in [9.17, 15) is 5.11 Å². The van der Waals surface area contributed by atoms with E-state index in [0.717, 1.165) is 24.0 Å². The zero-order chi connectivity index (χ0) is 9.14. The second-order valence-corrected chi connectivity index (χ2v) is 2.89. The molecule has 66 valence electrons. The molecule has 0 bridgehead atoms. The summed E-state index contributed by atoms with van der Waals surface area (Å²) in [5.74, 6) is 0.214. The molecule has 1 aromatic rings. The first-order chi connectivity index (χ1) is 5.69. The summed E-state index contributed by atoms with van der Waals surface area (Å²) in [5, 5.41) is 9.42. The van der Waals surface area contributed by atoms with Crippen LogP contribution in [-0.4, -0.2) is 5.11 Å². The van der Waals surface area contributed by atoms with Crippen LogP contribution in [0.15, 0.2) is 12.1 Å². The molecule has 0 heterocycles. The fourth-order valence-corrected chi connectivity index (χ4v) is 1.26. The second kappa shape index (κ2) is 3.48. The van der Waals surface area contributed by atoms with Crippen LogP contribution in [0.1, 0.15) is 25.0 Å². The Balaban J connectivity index is 3.19. The molecule has 0 unspecified atom stereocenters. The molecule has 0 saturated heterocycles. The lowest BCUT2D eigenvalue weighted by molar-refractivity contribution is 0.476. The van der Waals surface area contributed by atoms with Gasteiger partial charge in [0.2, 0.25) is 0 Å². The van der Waals surface area contributed by atoms with E-state index in [1.165, 1.54) is 0 Å². The molecule has 0 saturated carbocycles. The maximum Gasteiger partial charge on any atom is 0.139 e. The van der Waals surface area contributed by atoms with Gasteiger partial charge in [-0.25, -0.2) is 0 Å². The molecule has 12 heavy (non-hydrogen) atoms. The van der Waals surface area contributed by atoms with Gasteiger partial charge in [0.25, 0.3) is 0 Å². The Hall–Kier alpha value is -1.18. The van der Waals surface area contributed by atoms with Crippen molar-refractivity contribution in [2.24, 2.45) is 0 Å². The quantitative estimate of drug-likeness (QED) is 0.520. The Morgan fingerprint density at radius 3 is 2.42 bits per heavy atom. The fraction of sp³-hybridized carbons (Fsp3) is 0.400. The minimum Gasteiger partial charge on any atom is -0.506 e. The zero-order valence-electron chi connectivity index (χ0n) is 7.59. The van der Waals surface area contributed by atoms with Crippen molar-refractivity contribution in [1.82, 2.24) is 0 Å². The van der Waals surface area contributed by atoms with Crippen molar-refractivity contribution >= 4 is 5.69 Å². The lowest BCUT2D eigenvalue weighted by Crippen LogP contribution is -1.95. The summed E-state index contributed by atoms with van der Waals surface area (Å²) >= 11 is 0. The number of hydrogen-bond donors (Lipinski definition) is 2. The summed E-state index contributed by atoms with van der Waals surface area (Å²) in [7, 11) is 0. The van der Waals surface area contributed by atoms with Crippen molar-refractivity contribution in [2.75, 3.05) is 5.73 Å². The van der Waals surface area contributed by atoms with E-state index in [-0.39, 0.29) is 5.75 Å². The average molecular weight is 165 g/mol. The van der Waals surface area contributed by atoms with E-state index >= 15 is 0 Å². The van der Waals surface area contributed by atoms with Crippen molar-refractivity contribution in [3.8, 4) is 5.75 Å². The summed E-state index contributed by atoms with van der Waals surface area (Å²) < 4.78 is 0. The molecule has 0 aliphatic carbocycles. The summed E-state index contributed by atoms with van der Waals surface area (Å²) in [6.45, 7) is 4.09. The van der Waals surface area contributed by atoms with Crippen LogP contribution >= 0.6 is 0 Å². The number of hydrogen-bond acceptors (Lipinski definition) is 2. The molecule has 0 amide bonds. The SMILES string of the molecule is CCc1cc(O)c(N)c(CC)c1. The first-order valence-electron chi connectivity index (χ1n) is 4.29. The Kier molecular flexibility index (Phi) is 2.58. The van der Waals surface area contributed by atoms with Crippen molar-refractivity contribution in [1.29, 1.82) is 0 Å². The smallest absolute Gasteiger partial charge is 0.139 e. The van der Waals surface area contributed by atoms with Crippen molar-refractivity contribution in [2.45, 2.75) is 26.7 Å².